The van der Waals surface area contributed by atoms with Crippen LogP contribution in [0.25, 0.3) is 0 Å². The molecule has 96 valence electrons. The van der Waals surface area contributed by atoms with E-state index in [1.54, 1.807) is 7.11 Å². The lowest BCUT2D eigenvalue weighted by atomic mass is 9.88. The molecule has 0 aliphatic heterocycles. The fourth-order valence-electron chi connectivity index (χ4n) is 2.33. The van der Waals surface area contributed by atoms with Crippen molar-refractivity contribution in [3.8, 4) is 0 Å². The Bertz CT molecular complexity index is 189. The Morgan fingerprint density at radius 3 is 2.75 bits per heavy atom. The van der Waals surface area contributed by atoms with E-state index in [9.17, 15) is 5.11 Å². The first kappa shape index (κ1) is 13.9. The van der Waals surface area contributed by atoms with Crippen LogP contribution in [0.5, 0.6) is 0 Å². The van der Waals surface area contributed by atoms with E-state index in [0.29, 0.717) is 6.61 Å². The van der Waals surface area contributed by atoms with E-state index in [0.717, 1.165) is 18.8 Å². The lowest BCUT2D eigenvalue weighted by Crippen LogP contribution is -2.45. The average Bonchev–Trinajstić information content (AvgIpc) is 2.26. The van der Waals surface area contributed by atoms with Crippen LogP contribution in [0.15, 0.2) is 0 Å². The van der Waals surface area contributed by atoms with Crippen molar-refractivity contribution in [2.24, 2.45) is 11.7 Å². The second-order valence-corrected chi connectivity index (χ2v) is 4.87. The molecule has 0 amide bonds. The van der Waals surface area contributed by atoms with Gasteiger partial charge in [-0.1, -0.05) is 19.8 Å². The van der Waals surface area contributed by atoms with Crippen molar-refractivity contribution in [3.05, 3.63) is 0 Å². The van der Waals surface area contributed by atoms with Crippen LogP contribution in [0.3, 0.4) is 0 Å². The van der Waals surface area contributed by atoms with Crippen LogP contribution in [-0.2, 0) is 9.47 Å². The summed E-state index contributed by atoms with van der Waals surface area (Å²) in [6.07, 6.45) is 4.62. The van der Waals surface area contributed by atoms with Gasteiger partial charge in [0.25, 0.3) is 0 Å². The molecule has 0 saturated heterocycles. The van der Waals surface area contributed by atoms with E-state index in [4.69, 9.17) is 15.2 Å². The summed E-state index contributed by atoms with van der Waals surface area (Å²) in [7, 11) is 1.61. The summed E-state index contributed by atoms with van der Waals surface area (Å²) in [5.74, 6) is 0.719. The molecule has 0 bridgehead atoms. The molecule has 1 aliphatic carbocycles. The molecular formula is C12H25NO3. The van der Waals surface area contributed by atoms with Gasteiger partial charge in [-0.25, -0.2) is 0 Å². The molecule has 16 heavy (non-hydrogen) atoms. The summed E-state index contributed by atoms with van der Waals surface area (Å²) in [6.45, 7) is 2.64. The third kappa shape index (κ3) is 4.37. The van der Waals surface area contributed by atoms with Gasteiger partial charge in [0.1, 0.15) is 0 Å². The van der Waals surface area contributed by atoms with Gasteiger partial charge in [-0.05, 0) is 18.8 Å². The summed E-state index contributed by atoms with van der Waals surface area (Å²) < 4.78 is 10.9. The van der Waals surface area contributed by atoms with Gasteiger partial charge in [0.05, 0.1) is 31.5 Å². The number of methoxy groups -OCH3 is 1. The zero-order valence-corrected chi connectivity index (χ0v) is 10.4. The Hall–Kier alpha value is -0.160. The monoisotopic (exact) mass is 231 g/mol. The predicted octanol–water partition coefficient (Wildman–Crippen LogP) is 0.916. The molecule has 0 heterocycles. The van der Waals surface area contributed by atoms with Crippen molar-refractivity contribution < 1.29 is 14.6 Å². The molecule has 0 aromatic rings. The third-order valence-electron chi connectivity index (χ3n) is 3.27. The van der Waals surface area contributed by atoms with E-state index in [2.05, 4.69) is 6.92 Å². The van der Waals surface area contributed by atoms with E-state index in [1.807, 2.05) is 0 Å². The lowest BCUT2D eigenvalue weighted by molar-refractivity contribution is -0.0782. The van der Waals surface area contributed by atoms with E-state index in [-0.39, 0.29) is 24.9 Å². The van der Waals surface area contributed by atoms with Gasteiger partial charge < -0.3 is 20.3 Å². The molecular weight excluding hydrogens is 206 g/mol. The zero-order chi connectivity index (χ0) is 12.0. The second kappa shape index (κ2) is 7.22. The van der Waals surface area contributed by atoms with Gasteiger partial charge in [0, 0.05) is 7.11 Å². The topological polar surface area (TPSA) is 64.7 Å². The van der Waals surface area contributed by atoms with Gasteiger partial charge in [0.15, 0.2) is 0 Å². The molecule has 4 nitrogen and oxygen atoms in total. The summed E-state index contributed by atoms with van der Waals surface area (Å²) in [5.41, 5.74) is 5.88. The number of nitrogens with two attached hydrogens (primary N) is 1. The summed E-state index contributed by atoms with van der Waals surface area (Å²) in [4.78, 5) is 0. The molecule has 3 N–H and O–H groups in total. The van der Waals surface area contributed by atoms with Crippen LogP contribution in [-0.4, -0.2) is 43.7 Å². The Kier molecular flexibility index (Phi) is 6.28. The van der Waals surface area contributed by atoms with Crippen LogP contribution in [0.2, 0.25) is 0 Å². The highest BCUT2D eigenvalue weighted by Gasteiger charge is 2.25. The molecule has 0 radical (unpaired) electrons. The maximum absolute atomic E-state index is 9.26. The van der Waals surface area contributed by atoms with Crippen molar-refractivity contribution in [2.75, 3.05) is 20.3 Å². The largest absolute Gasteiger partial charge is 0.394 e. The Morgan fingerprint density at radius 2 is 2.19 bits per heavy atom. The molecule has 4 atom stereocenters. The van der Waals surface area contributed by atoms with Crippen molar-refractivity contribution in [1.29, 1.82) is 0 Å². The Labute approximate surface area is 98.1 Å². The maximum Gasteiger partial charge on any atom is 0.0982 e. The quantitative estimate of drug-likeness (QED) is 0.713. The number of aliphatic hydroxyl groups is 1. The minimum Gasteiger partial charge on any atom is -0.394 e. The molecule has 0 aromatic carbocycles. The normalized spacial score (nSPS) is 30.0. The number of rotatable bonds is 6. The second-order valence-electron chi connectivity index (χ2n) is 4.87. The van der Waals surface area contributed by atoms with Gasteiger partial charge in [0.2, 0.25) is 0 Å². The summed E-state index contributed by atoms with van der Waals surface area (Å²) >= 11 is 0. The van der Waals surface area contributed by atoms with E-state index >= 15 is 0 Å². The molecule has 1 saturated carbocycles. The van der Waals surface area contributed by atoms with Gasteiger partial charge in [-0.3, -0.25) is 0 Å². The highest BCUT2D eigenvalue weighted by Crippen LogP contribution is 2.26. The fourth-order valence-corrected chi connectivity index (χ4v) is 2.33. The van der Waals surface area contributed by atoms with Crippen LogP contribution >= 0.6 is 0 Å². The Balaban J connectivity index is 2.36. The minimum atomic E-state index is -0.296. The highest BCUT2D eigenvalue weighted by molar-refractivity contribution is 4.77. The maximum atomic E-state index is 9.26. The van der Waals surface area contributed by atoms with Crippen molar-refractivity contribution in [3.63, 3.8) is 0 Å². The predicted molar refractivity (Wildman–Crippen MR) is 63.2 cm³/mol. The van der Waals surface area contributed by atoms with Crippen LogP contribution in [0, 0.1) is 5.92 Å². The average molecular weight is 231 g/mol. The molecule has 1 aliphatic rings. The Morgan fingerprint density at radius 1 is 1.44 bits per heavy atom. The molecule has 0 spiro atoms. The minimum absolute atomic E-state index is 0.0323. The standard InChI is InChI=1S/C12H25NO3/c1-9-4-3-5-10(6-9)16-12(7-14)11(13)8-15-2/h9-12,14H,3-8,13H2,1-2H3. The van der Waals surface area contributed by atoms with Gasteiger partial charge in [-0.15, -0.1) is 0 Å². The molecule has 1 fully saturated rings. The first-order valence-corrected chi connectivity index (χ1v) is 6.18. The summed E-state index contributed by atoms with van der Waals surface area (Å²) in [5, 5.41) is 9.26. The number of ether oxygens (including phenoxy) is 2. The highest BCUT2D eigenvalue weighted by atomic mass is 16.5. The van der Waals surface area contributed by atoms with Crippen LogP contribution < -0.4 is 5.73 Å². The van der Waals surface area contributed by atoms with Crippen molar-refractivity contribution >= 4 is 0 Å². The van der Waals surface area contributed by atoms with Crippen LogP contribution in [0.4, 0.5) is 0 Å². The summed E-state index contributed by atoms with van der Waals surface area (Å²) in [6, 6.07) is -0.243. The van der Waals surface area contributed by atoms with Gasteiger partial charge >= 0.3 is 0 Å². The van der Waals surface area contributed by atoms with Crippen molar-refractivity contribution in [1.82, 2.24) is 0 Å². The first-order valence-electron chi connectivity index (χ1n) is 6.18. The SMILES string of the molecule is COCC(N)C(CO)OC1CCCC(C)C1. The lowest BCUT2D eigenvalue weighted by Gasteiger charge is -2.32. The van der Waals surface area contributed by atoms with Crippen LogP contribution in [0.1, 0.15) is 32.6 Å². The zero-order valence-electron chi connectivity index (χ0n) is 10.4. The smallest absolute Gasteiger partial charge is 0.0982 e. The number of hydrogen-bond acceptors (Lipinski definition) is 4. The van der Waals surface area contributed by atoms with Crippen molar-refractivity contribution in [2.45, 2.75) is 50.9 Å². The molecule has 4 unspecified atom stereocenters. The number of hydrogen-bond donors (Lipinski definition) is 2. The first-order chi connectivity index (χ1) is 7.67. The van der Waals surface area contributed by atoms with Gasteiger partial charge in [-0.2, -0.15) is 0 Å². The molecule has 1 rings (SSSR count). The third-order valence-corrected chi connectivity index (χ3v) is 3.27. The number of aliphatic hydroxyl groups excluding tert-OH is 1. The van der Waals surface area contributed by atoms with E-state index in [1.165, 1.54) is 12.8 Å². The van der Waals surface area contributed by atoms with E-state index < -0.39 is 0 Å². The molecule has 0 aromatic heterocycles. The molecule has 4 heteroatoms. The fraction of sp³-hybridized carbons (Fsp3) is 1.00.